The van der Waals surface area contributed by atoms with E-state index in [0.29, 0.717) is 23.9 Å². The molecule has 2 aromatic heterocycles. The number of fused-ring (bicyclic) bond motifs is 2. The molecule has 9 nitrogen and oxygen atoms in total. The molecule has 3 N–H and O–H groups in total. The summed E-state index contributed by atoms with van der Waals surface area (Å²) in [5.41, 5.74) is 9.31. The number of nitrogen functional groups attached to an aromatic ring is 1. The summed E-state index contributed by atoms with van der Waals surface area (Å²) >= 11 is 0. The van der Waals surface area contributed by atoms with Crippen LogP contribution >= 0.6 is 0 Å². The molecule has 0 radical (unpaired) electrons. The highest BCUT2D eigenvalue weighted by atomic mass is 16.7. The number of aromatic nitrogens is 5. The second-order valence-electron chi connectivity index (χ2n) is 5.99. The van der Waals surface area contributed by atoms with Gasteiger partial charge in [0, 0.05) is 6.54 Å². The lowest BCUT2D eigenvalue weighted by Gasteiger charge is -2.11. The van der Waals surface area contributed by atoms with E-state index in [-0.39, 0.29) is 6.79 Å². The number of ether oxygens (including phenoxy) is 2. The molecule has 0 bridgehead atoms. The van der Waals surface area contributed by atoms with Gasteiger partial charge < -0.3 is 20.5 Å². The third-order valence-electron chi connectivity index (χ3n) is 4.31. The van der Waals surface area contributed by atoms with Gasteiger partial charge >= 0.3 is 0 Å². The second-order valence-corrected chi connectivity index (χ2v) is 5.99. The summed E-state index contributed by atoms with van der Waals surface area (Å²) in [4.78, 5) is 8.53. The van der Waals surface area contributed by atoms with Crippen molar-refractivity contribution in [3.05, 3.63) is 54.4 Å². The van der Waals surface area contributed by atoms with Crippen LogP contribution in [0.1, 0.15) is 5.56 Å². The fraction of sp³-hybridized carbons (Fsp3) is 0.111. The Balaban J connectivity index is 1.43. The zero-order valence-corrected chi connectivity index (χ0v) is 14.2. The predicted octanol–water partition coefficient (Wildman–Crippen LogP) is 2.13. The zero-order chi connectivity index (χ0) is 18.2. The Bertz CT molecular complexity index is 1140. The van der Waals surface area contributed by atoms with Gasteiger partial charge in [0.05, 0.1) is 5.52 Å². The van der Waals surface area contributed by atoms with Crippen LogP contribution in [-0.2, 0) is 6.54 Å². The lowest BCUT2D eigenvalue weighted by molar-refractivity contribution is 0.174. The highest BCUT2D eigenvalue weighted by Gasteiger charge is 2.15. The number of para-hydroxylation sites is 1. The van der Waals surface area contributed by atoms with E-state index in [0.717, 1.165) is 28.1 Å². The lowest BCUT2D eigenvalue weighted by atomic mass is 10.2. The van der Waals surface area contributed by atoms with Crippen LogP contribution in [0, 0.1) is 0 Å². The molecule has 27 heavy (non-hydrogen) atoms. The number of nitrogens with two attached hydrogens (primary N) is 1. The Morgan fingerprint density at radius 3 is 2.93 bits per heavy atom. The number of rotatable bonds is 4. The second kappa shape index (κ2) is 6.13. The van der Waals surface area contributed by atoms with Crippen molar-refractivity contribution in [2.24, 2.45) is 0 Å². The van der Waals surface area contributed by atoms with Crippen molar-refractivity contribution in [3.63, 3.8) is 0 Å². The number of nitrogens with zero attached hydrogens (tertiary/aromatic N) is 5. The molecule has 2 aromatic carbocycles. The monoisotopic (exact) mass is 361 g/mol. The zero-order valence-electron chi connectivity index (χ0n) is 14.2. The van der Waals surface area contributed by atoms with E-state index < -0.39 is 0 Å². The van der Waals surface area contributed by atoms with Gasteiger partial charge in [0.2, 0.25) is 6.79 Å². The molecule has 1 aliphatic heterocycles. The molecular formula is C18H15N7O2. The molecule has 9 heteroatoms. The van der Waals surface area contributed by atoms with Gasteiger partial charge in [-0.1, -0.05) is 23.4 Å². The first kappa shape index (κ1) is 15.4. The summed E-state index contributed by atoms with van der Waals surface area (Å²) in [6.07, 6.45) is 1.45. The number of hydrogen-bond donors (Lipinski definition) is 2. The van der Waals surface area contributed by atoms with Crippen molar-refractivity contribution in [3.8, 4) is 17.3 Å². The largest absolute Gasteiger partial charge is 0.454 e. The van der Waals surface area contributed by atoms with Gasteiger partial charge in [-0.05, 0) is 29.8 Å². The third kappa shape index (κ3) is 2.65. The minimum Gasteiger partial charge on any atom is -0.454 e. The van der Waals surface area contributed by atoms with Crippen LogP contribution in [0.4, 0.5) is 11.5 Å². The molecule has 0 atom stereocenters. The van der Waals surface area contributed by atoms with E-state index in [2.05, 4.69) is 25.6 Å². The molecule has 0 fully saturated rings. The van der Waals surface area contributed by atoms with Gasteiger partial charge in [0.1, 0.15) is 17.5 Å². The van der Waals surface area contributed by atoms with Crippen molar-refractivity contribution < 1.29 is 9.47 Å². The minimum absolute atomic E-state index is 0.250. The van der Waals surface area contributed by atoms with Crippen molar-refractivity contribution in [2.75, 3.05) is 17.8 Å². The van der Waals surface area contributed by atoms with Gasteiger partial charge in [-0.3, -0.25) is 0 Å². The van der Waals surface area contributed by atoms with Gasteiger partial charge in [0.25, 0.3) is 0 Å². The van der Waals surface area contributed by atoms with Crippen LogP contribution < -0.4 is 20.5 Å². The number of hydrogen-bond acceptors (Lipinski definition) is 8. The maximum Gasteiger partial charge on any atom is 0.231 e. The Morgan fingerprint density at radius 1 is 1.07 bits per heavy atom. The first-order chi connectivity index (χ1) is 13.3. The summed E-state index contributed by atoms with van der Waals surface area (Å²) in [6, 6.07) is 13.4. The molecule has 0 spiro atoms. The summed E-state index contributed by atoms with van der Waals surface area (Å²) in [5, 5.41) is 11.5. The Morgan fingerprint density at radius 2 is 1.96 bits per heavy atom. The first-order valence-corrected chi connectivity index (χ1v) is 8.33. The Hall–Kier alpha value is -3.88. The molecule has 5 rings (SSSR count). The average molecular weight is 361 g/mol. The summed E-state index contributed by atoms with van der Waals surface area (Å²) < 4.78 is 12.3. The van der Waals surface area contributed by atoms with Crippen LogP contribution in [0.2, 0.25) is 0 Å². The molecule has 0 unspecified atom stereocenters. The first-order valence-electron chi connectivity index (χ1n) is 8.33. The topological polar surface area (TPSA) is 113 Å². The third-order valence-corrected chi connectivity index (χ3v) is 4.31. The quantitative estimate of drug-likeness (QED) is 0.568. The van der Waals surface area contributed by atoms with Crippen LogP contribution in [0.5, 0.6) is 11.5 Å². The van der Waals surface area contributed by atoms with Crippen molar-refractivity contribution in [1.29, 1.82) is 0 Å². The lowest BCUT2D eigenvalue weighted by Crippen LogP contribution is -2.10. The van der Waals surface area contributed by atoms with Gasteiger partial charge in [-0.15, -0.1) is 5.10 Å². The minimum atomic E-state index is 0.250. The van der Waals surface area contributed by atoms with Crippen molar-refractivity contribution in [2.45, 2.75) is 6.54 Å². The van der Waals surface area contributed by atoms with Crippen LogP contribution in [-0.4, -0.2) is 31.8 Å². The normalized spacial score (nSPS) is 12.4. The predicted molar refractivity (Wildman–Crippen MR) is 98.8 cm³/mol. The van der Waals surface area contributed by atoms with Gasteiger partial charge in [-0.2, -0.15) is 4.68 Å². The van der Waals surface area contributed by atoms with E-state index in [4.69, 9.17) is 15.2 Å². The van der Waals surface area contributed by atoms with Crippen molar-refractivity contribution >= 4 is 22.5 Å². The fourth-order valence-electron chi connectivity index (χ4n) is 2.96. The molecule has 134 valence electrons. The van der Waals surface area contributed by atoms with Gasteiger partial charge in [-0.25, -0.2) is 9.97 Å². The van der Waals surface area contributed by atoms with Crippen molar-refractivity contribution in [1.82, 2.24) is 25.0 Å². The molecule has 0 saturated carbocycles. The molecule has 1 aliphatic rings. The Kier molecular flexibility index (Phi) is 3.49. The number of benzene rings is 2. The summed E-state index contributed by atoms with van der Waals surface area (Å²) in [7, 11) is 0. The number of nitrogens with one attached hydrogen (secondary N) is 1. The van der Waals surface area contributed by atoms with Crippen LogP contribution in [0.25, 0.3) is 16.9 Å². The summed E-state index contributed by atoms with van der Waals surface area (Å²) in [5.74, 6) is 2.49. The molecular weight excluding hydrogens is 346 g/mol. The van der Waals surface area contributed by atoms with E-state index >= 15 is 0 Å². The molecule has 3 heterocycles. The SMILES string of the molecule is Nc1c(NCc2ccc3c(c2)OCO3)ncnc1-n1nnc2ccccc21. The average Bonchev–Trinajstić information content (AvgIpc) is 3.33. The van der Waals surface area contributed by atoms with E-state index in [1.807, 2.05) is 42.5 Å². The van der Waals surface area contributed by atoms with E-state index in [1.165, 1.54) is 6.33 Å². The van der Waals surface area contributed by atoms with Gasteiger partial charge in [0.15, 0.2) is 23.1 Å². The van der Waals surface area contributed by atoms with Crippen LogP contribution in [0.3, 0.4) is 0 Å². The highest BCUT2D eigenvalue weighted by molar-refractivity contribution is 5.78. The Labute approximate surface area is 153 Å². The standard InChI is InChI=1S/C18H15N7O2/c19-16-17(20-8-11-5-6-14-15(7-11)27-10-26-14)21-9-22-18(16)25-13-4-2-1-3-12(13)23-24-25/h1-7,9H,8,10,19H2,(H,20,21,22). The maximum atomic E-state index is 6.30. The molecule has 4 aromatic rings. The highest BCUT2D eigenvalue weighted by Crippen LogP contribution is 2.33. The maximum absolute atomic E-state index is 6.30. The molecule has 0 aliphatic carbocycles. The molecule has 0 saturated heterocycles. The van der Waals surface area contributed by atoms with E-state index in [1.54, 1.807) is 4.68 Å². The fourth-order valence-corrected chi connectivity index (χ4v) is 2.96. The van der Waals surface area contributed by atoms with E-state index in [9.17, 15) is 0 Å². The summed E-state index contributed by atoms with van der Waals surface area (Å²) in [6.45, 7) is 0.774. The molecule has 0 amide bonds. The number of anilines is 2. The van der Waals surface area contributed by atoms with Crippen LogP contribution in [0.15, 0.2) is 48.8 Å². The smallest absolute Gasteiger partial charge is 0.231 e.